The van der Waals surface area contributed by atoms with E-state index < -0.39 is 17.8 Å². The first-order valence-electron chi connectivity index (χ1n) is 13.0. The van der Waals surface area contributed by atoms with Crippen molar-refractivity contribution in [2.24, 2.45) is 0 Å². The third kappa shape index (κ3) is 11.2. The van der Waals surface area contributed by atoms with Gasteiger partial charge in [0.05, 0.1) is 6.54 Å². The quantitative estimate of drug-likeness (QED) is 0.178. The van der Waals surface area contributed by atoms with Crippen LogP contribution in [0.25, 0.3) is 0 Å². The van der Waals surface area contributed by atoms with Gasteiger partial charge in [0.1, 0.15) is 4.88 Å². The maximum Gasteiger partial charge on any atom is 0.394 e. The van der Waals surface area contributed by atoms with Gasteiger partial charge in [-0.1, -0.05) is 76.8 Å². The molecule has 3 N–H and O–H groups in total. The van der Waals surface area contributed by atoms with Gasteiger partial charge < -0.3 is 20.4 Å². The van der Waals surface area contributed by atoms with E-state index >= 15 is 0 Å². The molecule has 0 saturated heterocycles. The molecule has 1 heterocycles. The van der Waals surface area contributed by atoms with Crippen molar-refractivity contribution in [1.82, 2.24) is 10.2 Å². The third-order valence-corrected chi connectivity index (χ3v) is 7.13. The number of hydrogen-bond acceptors (Lipinski definition) is 5. The van der Waals surface area contributed by atoms with Gasteiger partial charge >= 0.3 is 17.8 Å². The van der Waals surface area contributed by atoms with Gasteiger partial charge in [-0.3, -0.25) is 9.59 Å². The first-order chi connectivity index (χ1) is 17.8. The number of nitrogens with one attached hydrogen (secondary N) is 1. The average Bonchev–Trinajstić information content (AvgIpc) is 3.35. The second-order valence-corrected chi connectivity index (χ2v) is 10.3. The van der Waals surface area contributed by atoms with E-state index in [2.05, 4.69) is 12.2 Å². The number of aliphatic carboxylic acids is 1. The topological polar surface area (TPSA) is 124 Å². The van der Waals surface area contributed by atoms with Crippen LogP contribution in [0.4, 0.5) is 0 Å². The highest BCUT2D eigenvalue weighted by molar-refractivity contribution is 7.13. The number of aromatic carboxylic acids is 1. The summed E-state index contributed by atoms with van der Waals surface area (Å²) in [5, 5.41) is 21.3. The standard InChI is InChI=1S/C28H38N2O6S/c1-2-3-4-5-6-7-8-9-10-11-17-29-25(31)22-14-12-13-21(18-22)19-30(26(32)28(35)36)20-23-15-16-24(37-23)27(33)34/h12-16,18H,2-11,17,19-20H2,1H3,(H,29,31)(H,33,34)(H,35,36). The Morgan fingerprint density at radius 2 is 1.49 bits per heavy atom. The van der Waals surface area contributed by atoms with Gasteiger partial charge in [-0.15, -0.1) is 11.3 Å². The molecule has 0 spiro atoms. The number of carboxylic acids is 2. The molecule has 0 aliphatic rings. The molecule has 0 saturated carbocycles. The SMILES string of the molecule is CCCCCCCCCCCCNC(=O)c1cccc(CN(Cc2ccc(C(=O)O)s2)C(=O)C(=O)O)c1. The van der Waals surface area contributed by atoms with Crippen LogP contribution >= 0.6 is 11.3 Å². The van der Waals surface area contributed by atoms with E-state index in [1.807, 2.05) is 0 Å². The van der Waals surface area contributed by atoms with Gasteiger partial charge in [0.15, 0.2) is 0 Å². The average molecular weight is 531 g/mol. The Hall–Kier alpha value is -3.20. The molecular formula is C28H38N2O6S. The van der Waals surface area contributed by atoms with Gasteiger partial charge in [0.2, 0.25) is 0 Å². The molecule has 2 aromatic rings. The van der Waals surface area contributed by atoms with Crippen LogP contribution in [0.15, 0.2) is 36.4 Å². The van der Waals surface area contributed by atoms with Crippen molar-refractivity contribution in [2.75, 3.05) is 6.54 Å². The molecule has 8 nitrogen and oxygen atoms in total. The van der Waals surface area contributed by atoms with Crippen molar-refractivity contribution in [3.05, 3.63) is 57.3 Å². The largest absolute Gasteiger partial charge is 0.477 e. The smallest absolute Gasteiger partial charge is 0.394 e. The molecule has 0 unspecified atom stereocenters. The molecule has 2 amide bonds. The van der Waals surface area contributed by atoms with Crippen LogP contribution < -0.4 is 5.32 Å². The zero-order chi connectivity index (χ0) is 27.0. The zero-order valence-electron chi connectivity index (χ0n) is 21.5. The molecule has 0 atom stereocenters. The molecule has 0 fully saturated rings. The highest BCUT2D eigenvalue weighted by Gasteiger charge is 2.23. The fraction of sp³-hybridized carbons (Fsp3) is 0.500. The third-order valence-electron chi connectivity index (χ3n) is 6.07. The lowest BCUT2D eigenvalue weighted by atomic mass is 10.1. The second-order valence-electron chi connectivity index (χ2n) is 9.18. The molecule has 9 heteroatoms. The Morgan fingerprint density at radius 3 is 2.08 bits per heavy atom. The maximum absolute atomic E-state index is 12.6. The zero-order valence-corrected chi connectivity index (χ0v) is 22.4. The first-order valence-corrected chi connectivity index (χ1v) is 13.8. The van der Waals surface area contributed by atoms with Gasteiger partial charge in [0, 0.05) is 23.5 Å². The summed E-state index contributed by atoms with van der Waals surface area (Å²) in [7, 11) is 0. The van der Waals surface area contributed by atoms with Crippen molar-refractivity contribution in [3.63, 3.8) is 0 Å². The van der Waals surface area contributed by atoms with Crippen molar-refractivity contribution in [3.8, 4) is 0 Å². The molecule has 0 bridgehead atoms. The normalized spacial score (nSPS) is 10.7. The number of carboxylic acid groups (broad SMARTS) is 2. The number of unbranched alkanes of at least 4 members (excludes halogenated alkanes) is 9. The lowest BCUT2D eigenvalue weighted by molar-refractivity contribution is -0.156. The lowest BCUT2D eigenvalue weighted by Gasteiger charge is -2.20. The summed E-state index contributed by atoms with van der Waals surface area (Å²) in [4.78, 5) is 49.1. The van der Waals surface area contributed by atoms with Crippen molar-refractivity contribution in [1.29, 1.82) is 0 Å². The van der Waals surface area contributed by atoms with E-state index in [4.69, 9.17) is 5.11 Å². The predicted octanol–water partition coefficient (Wildman–Crippen LogP) is 5.71. The molecule has 1 aromatic heterocycles. The Bertz CT molecular complexity index is 1040. The predicted molar refractivity (Wildman–Crippen MR) is 144 cm³/mol. The van der Waals surface area contributed by atoms with Crippen LogP contribution in [0.2, 0.25) is 0 Å². The van der Waals surface area contributed by atoms with E-state index in [1.165, 1.54) is 57.4 Å². The minimum Gasteiger partial charge on any atom is -0.477 e. The molecular weight excluding hydrogens is 492 g/mol. The van der Waals surface area contributed by atoms with Crippen LogP contribution in [-0.2, 0) is 22.7 Å². The Morgan fingerprint density at radius 1 is 0.838 bits per heavy atom. The molecule has 0 aliphatic carbocycles. The van der Waals surface area contributed by atoms with Crippen LogP contribution in [0.3, 0.4) is 0 Å². The molecule has 202 valence electrons. The van der Waals surface area contributed by atoms with E-state index in [-0.39, 0.29) is 23.9 Å². The number of thiophene rings is 1. The fourth-order valence-electron chi connectivity index (χ4n) is 4.05. The Kier molecular flexibility index (Phi) is 13.4. The Balaban J connectivity index is 1.82. The maximum atomic E-state index is 12.6. The number of benzene rings is 1. The second kappa shape index (κ2) is 16.5. The highest BCUT2D eigenvalue weighted by Crippen LogP contribution is 2.20. The number of hydrogen-bond donors (Lipinski definition) is 3. The summed E-state index contributed by atoms with van der Waals surface area (Å²) >= 11 is 0.987. The molecule has 0 radical (unpaired) electrons. The summed E-state index contributed by atoms with van der Waals surface area (Å²) in [6.07, 6.45) is 12.2. The number of carbonyl (C=O) groups excluding carboxylic acids is 2. The van der Waals surface area contributed by atoms with Crippen molar-refractivity contribution < 1.29 is 29.4 Å². The van der Waals surface area contributed by atoms with E-state index in [0.717, 1.165) is 29.1 Å². The molecule has 2 rings (SSSR count). The van der Waals surface area contributed by atoms with Crippen LogP contribution in [-0.4, -0.2) is 45.4 Å². The number of carbonyl (C=O) groups is 4. The molecule has 0 aliphatic heterocycles. The first kappa shape index (κ1) is 30.0. The van der Waals surface area contributed by atoms with Gasteiger partial charge in [-0.25, -0.2) is 9.59 Å². The van der Waals surface area contributed by atoms with Gasteiger partial charge in [-0.2, -0.15) is 0 Å². The van der Waals surface area contributed by atoms with E-state index in [0.29, 0.717) is 22.5 Å². The van der Waals surface area contributed by atoms with E-state index in [1.54, 1.807) is 30.3 Å². The lowest BCUT2D eigenvalue weighted by Crippen LogP contribution is -2.35. The van der Waals surface area contributed by atoms with Gasteiger partial charge in [-0.05, 0) is 36.2 Å². The van der Waals surface area contributed by atoms with Crippen LogP contribution in [0, 0.1) is 0 Å². The number of rotatable bonds is 17. The number of amides is 2. The summed E-state index contributed by atoms with van der Waals surface area (Å²) in [6, 6.07) is 9.73. The number of nitrogens with zero attached hydrogens (tertiary/aromatic N) is 1. The molecule has 37 heavy (non-hydrogen) atoms. The monoisotopic (exact) mass is 530 g/mol. The summed E-state index contributed by atoms with van der Waals surface area (Å²) < 4.78 is 0. The summed E-state index contributed by atoms with van der Waals surface area (Å²) in [5.74, 6) is -3.98. The van der Waals surface area contributed by atoms with Gasteiger partial charge in [0.25, 0.3) is 5.91 Å². The van der Waals surface area contributed by atoms with Crippen LogP contribution in [0.5, 0.6) is 0 Å². The Labute approximate surface area is 222 Å². The van der Waals surface area contributed by atoms with Crippen molar-refractivity contribution in [2.45, 2.75) is 84.2 Å². The fourth-order valence-corrected chi connectivity index (χ4v) is 4.91. The molecule has 1 aromatic carbocycles. The minimum atomic E-state index is -1.60. The summed E-state index contributed by atoms with van der Waals surface area (Å²) in [6.45, 7) is 2.75. The summed E-state index contributed by atoms with van der Waals surface area (Å²) in [5.41, 5.74) is 1.05. The highest BCUT2D eigenvalue weighted by atomic mass is 32.1. The van der Waals surface area contributed by atoms with E-state index in [9.17, 15) is 24.3 Å². The minimum absolute atomic E-state index is 0.0228. The van der Waals surface area contributed by atoms with Crippen molar-refractivity contribution >= 4 is 35.1 Å². The van der Waals surface area contributed by atoms with Crippen LogP contribution in [0.1, 0.15) is 102 Å².